The van der Waals surface area contributed by atoms with Gasteiger partial charge in [0.05, 0.1) is 11.8 Å². The number of hydrogen-bond acceptors (Lipinski definition) is 7. The summed E-state index contributed by atoms with van der Waals surface area (Å²) in [6.45, 7) is 0.868. The maximum Gasteiger partial charge on any atom is 0.233 e. The van der Waals surface area contributed by atoms with Crippen LogP contribution in [0.5, 0.6) is 0 Å². The summed E-state index contributed by atoms with van der Waals surface area (Å²) in [4.78, 5) is 15.9. The predicted molar refractivity (Wildman–Crippen MR) is 95.3 cm³/mol. The van der Waals surface area contributed by atoms with Gasteiger partial charge in [-0.15, -0.1) is 21.5 Å². The molecule has 1 saturated carbocycles. The number of likely N-dealkylation sites (tertiary alicyclic amines) is 1. The van der Waals surface area contributed by atoms with Gasteiger partial charge in [0.25, 0.3) is 0 Å². The van der Waals surface area contributed by atoms with E-state index in [9.17, 15) is 4.79 Å². The molecule has 0 aromatic carbocycles. The minimum atomic E-state index is 0.206. The quantitative estimate of drug-likeness (QED) is 0.791. The van der Waals surface area contributed by atoms with E-state index in [1.165, 1.54) is 29.5 Å². The number of carbonyl (C=O) groups excluding carboxylic acids is 1. The minimum Gasteiger partial charge on any atom is -0.357 e. The molecule has 23 heavy (non-hydrogen) atoms. The van der Waals surface area contributed by atoms with Crippen LogP contribution in [-0.4, -0.2) is 39.3 Å². The Balaban J connectivity index is 1.33. The molecule has 1 N–H and O–H groups in total. The summed E-state index contributed by atoms with van der Waals surface area (Å²) in [6, 6.07) is 5.04. The highest BCUT2D eigenvalue weighted by Gasteiger charge is 2.30. The SMILES string of the molecule is O=C(CSc1nnc(NC2CC2)s1)N1CCCC1c1cccs1. The summed E-state index contributed by atoms with van der Waals surface area (Å²) in [6.07, 6.45) is 4.61. The molecule has 0 bridgehead atoms. The van der Waals surface area contributed by atoms with E-state index in [1.807, 2.05) is 4.90 Å². The number of aromatic nitrogens is 2. The van der Waals surface area contributed by atoms with Crippen LogP contribution in [0.3, 0.4) is 0 Å². The second-order valence-corrected chi connectivity index (χ2v) is 9.02. The molecular weight excluding hydrogens is 348 g/mol. The lowest BCUT2D eigenvalue weighted by Gasteiger charge is -2.23. The smallest absolute Gasteiger partial charge is 0.233 e. The maximum atomic E-state index is 12.6. The first-order valence-corrected chi connectivity index (χ1v) is 10.5. The molecule has 5 nitrogen and oxygen atoms in total. The van der Waals surface area contributed by atoms with Crippen molar-refractivity contribution in [1.82, 2.24) is 15.1 Å². The highest BCUT2D eigenvalue weighted by Crippen LogP contribution is 2.36. The zero-order valence-corrected chi connectivity index (χ0v) is 15.1. The van der Waals surface area contributed by atoms with Gasteiger partial charge in [-0.3, -0.25) is 4.79 Å². The molecule has 8 heteroatoms. The van der Waals surface area contributed by atoms with Gasteiger partial charge in [-0.1, -0.05) is 29.2 Å². The Kier molecular flexibility index (Phi) is 4.54. The van der Waals surface area contributed by atoms with Gasteiger partial charge < -0.3 is 10.2 Å². The van der Waals surface area contributed by atoms with E-state index in [2.05, 4.69) is 33.0 Å². The third-order valence-corrected chi connectivity index (χ3v) is 7.02. The lowest BCUT2D eigenvalue weighted by molar-refractivity contribution is -0.129. The van der Waals surface area contributed by atoms with Gasteiger partial charge in [0.2, 0.25) is 11.0 Å². The van der Waals surface area contributed by atoms with Crippen LogP contribution < -0.4 is 5.32 Å². The lowest BCUT2D eigenvalue weighted by Crippen LogP contribution is -2.31. The van der Waals surface area contributed by atoms with E-state index >= 15 is 0 Å². The average molecular weight is 367 g/mol. The largest absolute Gasteiger partial charge is 0.357 e. The fraction of sp³-hybridized carbons (Fsp3) is 0.533. The van der Waals surface area contributed by atoms with Gasteiger partial charge in [0, 0.05) is 17.5 Å². The van der Waals surface area contributed by atoms with Crippen LogP contribution in [0.2, 0.25) is 0 Å². The van der Waals surface area contributed by atoms with Crippen molar-refractivity contribution in [3.8, 4) is 0 Å². The van der Waals surface area contributed by atoms with E-state index in [4.69, 9.17) is 0 Å². The van der Waals surface area contributed by atoms with Crippen LogP contribution in [0.15, 0.2) is 21.9 Å². The van der Waals surface area contributed by atoms with Gasteiger partial charge >= 0.3 is 0 Å². The predicted octanol–water partition coefficient (Wildman–Crippen LogP) is 3.63. The first kappa shape index (κ1) is 15.4. The zero-order valence-electron chi connectivity index (χ0n) is 12.6. The number of thiophene rings is 1. The third-order valence-electron chi connectivity index (χ3n) is 4.08. The topological polar surface area (TPSA) is 58.1 Å². The molecule has 0 spiro atoms. The van der Waals surface area contributed by atoms with Crippen molar-refractivity contribution in [2.75, 3.05) is 17.6 Å². The number of nitrogens with zero attached hydrogens (tertiary/aromatic N) is 3. The van der Waals surface area contributed by atoms with Crippen molar-refractivity contribution in [2.45, 2.75) is 42.1 Å². The second kappa shape index (κ2) is 6.78. The molecule has 0 radical (unpaired) electrons. The Morgan fingerprint density at radius 3 is 3.09 bits per heavy atom. The van der Waals surface area contributed by atoms with Crippen LogP contribution in [0.25, 0.3) is 0 Å². The van der Waals surface area contributed by atoms with Crippen LogP contribution >= 0.6 is 34.4 Å². The van der Waals surface area contributed by atoms with Gasteiger partial charge in [-0.2, -0.15) is 0 Å². The molecule has 1 saturated heterocycles. The van der Waals surface area contributed by atoms with E-state index in [0.717, 1.165) is 28.9 Å². The number of rotatable bonds is 6. The summed E-state index contributed by atoms with van der Waals surface area (Å²) >= 11 is 4.79. The molecule has 1 atom stereocenters. The molecule has 2 fully saturated rings. The molecule has 1 amide bonds. The molecule has 3 heterocycles. The number of carbonyl (C=O) groups is 1. The summed E-state index contributed by atoms with van der Waals surface area (Å²) in [5.74, 6) is 0.651. The summed E-state index contributed by atoms with van der Waals surface area (Å²) in [5.41, 5.74) is 0. The van der Waals surface area contributed by atoms with E-state index in [0.29, 0.717) is 11.8 Å². The summed E-state index contributed by atoms with van der Waals surface area (Å²) in [5, 5.41) is 14.6. The van der Waals surface area contributed by atoms with Crippen molar-refractivity contribution < 1.29 is 4.79 Å². The first-order valence-electron chi connectivity index (χ1n) is 7.85. The molecule has 2 aromatic rings. The fourth-order valence-corrected chi connectivity index (χ4v) is 5.37. The number of anilines is 1. The Labute approximate surface area is 147 Å². The fourth-order valence-electron chi connectivity index (χ4n) is 2.78. The third kappa shape index (κ3) is 3.70. The zero-order chi connectivity index (χ0) is 15.6. The molecule has 4 rings (SSSR count). The first-order chi connectivity index (χ1) is 11.3. The normalized spacial score (nSPS) is 20.9. The Morgan fingerprint density at radius 2 is 2.30 bits per heavy atom. The van der Waals surface area contributed by atoms with Gasteiger partial charge in [-0.25, -0.2) is 0 Å². The maximum absolute atomic E-state index is 12.6. The Morgan fingerprint density at radius 1 is 1.39 bits per heavy atom. The second-order valence-electron chi connectivity index (χ2n) is 5.84. The molecule has 2 aromatic heterocycles. The number of amides is 1. The lowest BCUT2D eigenvalue weighted by atomic mass is 10.2. The minimum absolute atomic E-state index is 0.206. The highest BCUT2D eigenvalue weighted by molar-refractivity contribution is 8.01. The Hall–Kier alpha value is -1.12. The van der Waals surface area contributed by atoms with Crippen molar-refractivity contribution in [3.63, 3.8) is 0 Å². The van der Waals surface area contributed by atoms with Crippen LogP contribution in [0.1, 0.15) is 36.6 Å². The van der Waals surface area contributed by atoms with Gasteiger partial charge in [-0.05, 0) is 37.1 Å². The monoisotopic (exact) mass is 366 g/mol. The average Bonchev–Trinajstić information content (AvgIpc) is 3.03. The standard InChI is InChI=1S/C15H18N4OS3/c20-13(19-7-1-3-11(19)12-4-2-8-21-12)9-22-15-18-17-14(23-15)16-10-5-6-10/h2,4,8,10-11H,1,3,5-7,9H2,(H,16,17). The number of hydrogen-bond donors (Lipinski definition) is 1. The van der Waals surface area contributed by atoms with Gasteiger partial charge in [0.1, 0.15) is 0 Å². The molecule has 2 aliphatic rings. The van der Waals surface area contributed by atoms with E-state index in [1.54, 1.807) is 22.7 Å². The molecular formula is C15H18N4OS3. The molecule has 1 aliphatic carbocycles. The molecule has 122 valence electrons. The molecule has 1 unspecified atom stereocenters. The van der Waals surface area contributed by atoms with Gasteiger partial charge in [0.15, 0.2) is 4.34 Å². The van der Waals surface area contributed by atoms with Crippen molar-refractivity contribution in [2.24, 2.45) is 0 Å². The van der Waals surface area contributed by atoms with Crippen LogP contribution in [0, 0.1) is 0 Å². The summed E-state index contributed by atoms with van der Waals surface area (Å²) in [7, 11) is 0. The summed E-state index contributed by atoms with van der Waals surface area (Å²) < 4.78 is 0.869. The van der Waals surface area contributed by atoms with E-state index < -0.39 is 0 Å². The molecule has 1 aliphatic heterocycles. The van der Waals surface area contributed by atoms with Crippen molar-refractivity contribution in [3.05, 3.63) is 22.4 Å². The number of thioether (sulfide) groups is 1. The highest BCUT2D eigenvalue weighted by atomic mass is 32.2. The van der Waals surface area contributed by atoms with Crippen LogP contribution in [0.4, 0.5) is 5.13 Å². The number of nitrogens with one attached hydrogen (secondary N) is 1. The van der Waals surface area contributed by atoms with Crippen molar-refractivity contribution >= 4 is 45.5 Å². The Bertz CT molecular complexity index is 668. The van der Waals surface area contributed by atoms with Crippen molar-refractivity contribution in [1.29, 1.82) is 0 Å². The van der Waals surface area contributed by atoms with Crippen LogP contribution in [-0.2, 0) is 4.79 Å². The van der Waals surface area contributed by atoms with E-state index in [-0.39, 0.29) is 11.9 Å².